The molecule has 19 heavy (non-hydrogen) atoms. The number of carbonyl (C=O) groups is 1. The number of para-hydroxylation sites is 2. The molecular weight excluding hydrogens is 266 g/mol. The molecule has 0 spiro atoms. The van der Waals surface area contributed by atoms with Crippen molar-refractivity contribution in [3.05, 3.63) is 36.0 Å². The molecule has 5 nitrogen and oxygen atoms in total. The fraction of sp³-hybridized carbons (Fsp3) is 0.231. The quantitative estimate of drug-likeness (QED) is 0.474. The van der Waals surface area contributed by atoms with Gasteiger partial charge >= 0.3 is 0 Å². The van der Waals surface area contributed by atoms with Gasteiger partial charge in [-0.15, -0.1) is 11.6 Å². The molecule has 100 valence electrons. The standard InChI is InChI=1S/C13H14ClN3O2/c1-19-12-5-3-2-4-11(12)17-9-10(8-15)13(18)16-7-6-14/h2-5,9,17H,6-7H2,1H3,(H,16,18)/b10-9-. The van der Waals surface area contributed by atoms with Crippen LogP contribution in [0.3, 0.4) is 0 Å². The number of carbonyl (C=O) groups excluding carboxylic acids is 1. The number of nitriles is 1. The SMILES string of the molecule is COc1ccccc1N/C=C(/C#N)C(=O)NCCCl. The average Bonchev–Trinajstić information content (AvgIpc) is 2.46. The molecule has 0 aliphatic rings. The Kier molecular flexibility index (Phi) is 6.27. The van der Waals surface area contributed by atoms with Crippen LogP contribution in [0.4, 0.5) is 5.69 Å². The number of ether oxygens (including phenoxy) is 1. The lowest BCUT2D eigenvalue weighted by Crippen LogP contribution is -2.26. The first-order valence-electron chi connectivity index (χ1n) is 5.57. The van der Waals surface area contributed by atoms with Crippen molar-refractivity contribution in [2.24, 2.45) is 0 Å². The molecule has 0 aliphatic carbocycles. The van der Waals surface area contributed by atoms with Crippen LogP contribution in [0, 0.1) is 11.3 Å². The second-order valence-electron chi connectivity index (χ2n) is 3.46. The Hall–Kier alpha value is -2.19. The third-order valence-corrected chi connectivity index (χ3v) is 2.41. The molecule has 0 aromatic heterocycles. The number of nitrogens with one attached hydrogen (secondary N) is 2. The summed E-state index contributed by atoms with van der Waals surface area (Å²) in [6.45, 7) is 0.314. The van der Waals surface area contributed by atoms with Crippen LogP contribution in [0.25, 0.3) is 0 Å². The first-order valence-corrected chi connectivity index (χ1v) is 6.10. The number of rotatable bonds is 6. The fourth-order valence-electron chi connectivity index (χ4n) is 1.32. The Labute approximate surface area is 116 Å². The number of alkyl halides is 1. The molecule has 0 aliphatic heterocycles. The van der Waals surface area contributed by atoms with E-state index in [1.807, 2.05) is 18.2 Å². The summed E-state index contributed by atoms with van der Waals surface area (Å²) in [7, 11) is 1.54. The zero-order chi connectivity index (χ0) is 14.1. The smallest absolute Gasteiger partial charge is 0.263 e. The van der Waals surface area contributed by atoms with Gasteiger partial charge in [-0.1, -0.05) is 12.1 Å². The van der Waals surface area contributed by atoms with Crippen LogP contribution in [0.2, 0.25) is 0 Å². The minimum atomic E-state index is -0.467. The van der Waals surface area contributed by atoms with Gasteiger partial charge in [0.15, 0.2) is 0 Å². The second-order valence-corrected chi connectivity index (χ2v) is 3.84. The van der Waals surface area contributed by atoms with Crippen molar-refractivity contribution in [3.63, 3.8) is 0 Å². The van der Waals surface area contributed by atoms with Gasteiger partial charge < -0.3 is 15.4 Å². The van der Waals surface area contributed by atoms with E-state index in [4.69, 9.17) is 21.6 Å². The minimum Gasteiger partial charge on any atom is -0.495 e. The zero-order valence-electron chi connectivity index (χ0n) is 10.4. The molecular formula is C13H14ClN3O2. The van der Waals surface area contributed by atoms with E-state index in [0.29, 0.717) is 23.9 Å². The van der Waals surface area contributed by atoms with Gasteiger partial charge in [-0.25, -0.2) is 0 Å². The van der Waals surface area contributed by atoms with Crippen molar-refractivity contribution >= 4 is 23.2 Å². The molecule has 0 saturated carbocycles. The lowest BCUT2D eigenvalue weighted by atomic mass is 10.2. The number of hydrogen-bond acceptors (Lipinski definition) is 4. The van der Waals surface area contributed by atoms with E-state index in [0.717, 1.165) is 0 Å². The Balaban J connectivity index is 2.77. The van der Waals surface area contributed by atoms with Crippen molar-refractivity contribution < 1.29 is 9.53 Å². The van der Waals surface area contributed by atoms with Crippen LogP contribution in [-0.2, 0) is 4.79 Å². The predicted molar refractivity (Wildman–Crippen MR) is 74.0 cm³/mol. The van der Waals surface area contributed by atoms with Crippen molar-refractivity contribution in [1.29, 1.82) is 5.26 Å². The zero-order valence-corrected chi connectivity index (χ0v) is 11.2. The van der Waals surface area contributed by atoms with Crippen LogP contribution in [0.15, 0.2) is 36.0 Å². The normalized spacial score (nSPS) is 10.5. The van der Waals surface area contributed by atoms with E-state index in [1.165, 1.54) is 6.20 Å². The third kappa shape index (κ3) is 4.53. The molecule has 1 amide bonds. The van der Waals surface area contributed by atoms with Gasteiger partial charge in [0.2, 0.25) is 0 Å². The number of methoxy groups -OCH3 is 1. The number of anilines is 1. The lowest BCUT2D eigenvalue weighted by Gasteiger charge is -2.08. The second kappa shape index (κ2) is 8.01. The summed E-state index contributed by atoms with van der Waals surface area (Å²) in [6.07, 6.45) is 1.33. The molecule has 1 aromatic rings. The average molecular weight is 280 g/mol. The molecule has 2 N–H and O–H groups in total. The molecule has 0 heterocycles. The highest BCUT2D eigenvalue weighted by Gasteiger charge is 2.08. The fourth-order valence-corrected chi connectivity index (χ4v) is 1.41. The topological polar surface area (TPSA) is 74.1 Å². The molecule has 6 heteroatoms. The van der Waals surface area contributed by atoms with Crippen LogP contribution in [0.5, 0.6) is 5.75 Å². The summed E-state index contributed by atoms with van der Waals surface area (Å²) >= 11 is 5.46. The van der Waals surface area contributed by atoms with Gasteiger partial charge in [0, 0.05) is 18.6 Å². The third-order valence-electron chi connectivity index (χ3n) is 2.22. The van der Waals surface area contributed by atoms with Gasteiger partial charge in [0.25, 0.3) is 5.91 Å². The van der Waals surface area contributed by atoms with Gasteiger partial charge in [0.05, 0.1) is 12.8 Å². The van der Waals surface area contributed by atoms with E-state index in [1.54, 1.807) is 19.2 Å². The van der Waals surface area contributed by atoms with E-state index in [2.05, 4.69) is 10.6 Å². The Morgan fingerprint density at radius 3 is 2.89 bits per heavy atom. The van der Waals surface area contributed by atoms with Gasteiger partial charge in [-0.2, -0.15) is 5.26 Å². The first kappa shape index (κ1) is 14.9. The molecule has 1 rings (SSSR count). The lowest BCUT2D eigenvalue weighted by molar-refractivity contribution is -0.117. The molecule has 0 atom stereocenters. The molecule has 0 saturated heterocycles. The van der Waals surface area contributed by atoms with Crippen molar-refractivity contribution in [3.8, 4) is 11.8 Å². The monoisotopic (exact) mass is 279 g/mol. The highest BCUT2D eigenvalue weighted by Crippen LogP contribution is 2.23. The van der Waals surface area contributed by atoms with Crippen molar-refractivity contribution in [1.82, 2.24) is 5.32 Å². The molecule has 0 bridgehead atoms. The molecule has 0 fully saturated rings. The van der Waals surface area contributed by atoms with Gasteiger partial charge in [-0.3, -0.25) is 4.79 Å². The highest BCUT2D eigenvalue weighted by atomic mass is 35.5. The van der Waals surface area contributed by atoms with E-state index in [9.17, 15) is 4.79 Å². The van der Waals surface area contributed by atoms with E-state index >= 15 is 0 Å². The van der Waals surface area contributed by atoms with E-state index in [-0.39, 0.29) is 5.57 Å². The van der Waals surface area contributed by atoms with Gasteiger partial charge in [-0.05, 0) is 12.1 Å². The van der Waals surface area contributed by atoms with Gasteiger partial charge in [0.1, 0.15) is 17.4 Å². The highest BCUT2D eigenvalue weighted by molar-refractivity contribution is 6.18. The Bertz CT molecular complexity index is 509. The van der Waals surface area contributed by atoms with Crippen LogP contribution >= 0.6 is 11.6 Å². The number of amides is 1. The Morgan fingerprint density at radius 1 is 1.53 bits per heavy atom. The number of nitrogens with zero attached hydrogens (tertiary/aromatic N) is 1. The maximum absolute atomic E-state index is 11.6. The maximum atomic E-state index is 11.6. The van der Waals surface area contributed by atoms with Crippen molar-refractivity contribution in [2.75, 3.05) is 24.9 Å². The molecule has 0 radical (unpaired) electrons. The summed E-state index contributed by atoms with van der Waals surface area (Å²) in [5.74, 6) is 0.451. The Morgan fingerprint density at radius 2 is 2.26 bits per heavy atom. The summed E-state index contributed by atoms with van der Waals surface area (Å²) in [6, 6.07) is 9.02. The summed E-state index contributed by atoms with van der Waals surface area (Å²) in [5, 5.41) is 14.3. The number of hydrogen-bond donors (Lipinski definition) is 2. The molecule has 0 unspecified atom stereocenters. The van der Waals surface area contributed by atoms with Crippen molar-refractivity contribution in [2.45, 2.75) is 0 Å². The number of benzene rings is 1. The predicted octanol–water partition coefficient (Wildman–Crippen LogP) is 1.87. The van der Waals surface area contributed by atoms with E-state index < -0.39 is 5.91 Å². The minimum absolute atomic E-state index is 0.0315. The first-order chi connectivity index (χ1) is 9.22. The summed E-state index contributed by atoms with van der Waals surface area (Å²) in [5.41, 5.74) is 0.638. The van der Waals surface area contributed by atoms with Crippen LogP contribution < -0.4 is 15.4 Å². The molecule has 1 aromatic carbocycles. The summed E-state index contributed by atoms with van der Waals surface area (Å²) in [4.78, 5) is 11.6. The number of halogens is 1. The van der Waals surface area contributed by atoms with Crippen LogP contribution in [0.1, 0.15) is 0 Å². The largest absolute Gasteiger partial charge is 0.495 e. The maximum Gasteiger partial charge on any atom is 0.263 e. The van der Waals surface area contributed by atoms with Crippen LogP contribution in [-0.4, -0.2) is 25.4 Å². The summed E-state index contributed by atoms with van der Waals surface area (Å²) < 4.78 is 5.14.